The fraction of sp³-hybridized carbons (Fsp3) is 0.350. The highest BCUT2D eigenvalue weighted by atomic mass is 16.5. The lowest BCUT2D eigenvalue weighted by Crippen LogP contribution is -2.14. The number of pyridine rings is 1. The van der Waals surface area contributed by atoms with Gasteiger partial charge in [-0.05, 0) is 44.9 Å². The molecule has 0 spiro atoms. The SMILES string of the molecule is CCOc1ccccc1NC(=O)c1cc(C2CC2)nc2c1c(C)nn2C. The maximum absolute atomic E-state index is 13.1. The number of carbonyl (C=O) groups excluding carboxylic acids is 1. The summed E-state index contributed by atoms with van der Waals surface area (Å²) in [5, 5.41) is 8.26. The third kappa shape index (κ3) is 2.92. The average molecular weight is 350 g/mol. The number of nitrogens with zero attached hydrogens (tertiary/aromatic N) is 3. The summed E-state index contributed by atoms with van der Waals surface area (Å²) in [5.41, 5.74) is 3.83. The van der Waals surface area contributed by atoms with Crippen LogP contribution in [0.3, 0.4) is 0 Å². The second-order valence-electron chi connectivity index (χ2n) is 6.66. The molecule has 6 heteroatoms. The Morgan fingerprint density at radius 3 is 2.85 bits per heavy atom. The fourth-order valence-corrected chi connectivity index (χ4v) is 3.27. The molecule has 0 atom stereocenters. The van der Waals surface area contributed by atoms with E-state index in [9.17, 15) is 4.79 Å². The van der Waals surface area contributed by atoms with E-state index in [0.29, 0.717) is 29.5 Å². The van der Waals surface area contributed by atoms with Gasteiger partial charge in [-0.2, -0.15) is 5.10 Å². The molecule has 0 unspecified atom stereocenters. The van der Waals surface area contributed by atoms with Crippen LogP contribution in [0.15, 0.2) is 30.3 Å². The van der Waals surface area contributed by atoms with E-state index in [4.69, 9.17) is 9.72 Å². The highest BCUT2D eigenvalue weighted by molar-refractivity contribution is 6.13. The molecule has 1 aliphatic carbocycles. The molecule has 1 saturated carbocycles. The summed E-state index contributed by atoms with van der Waals surface area (Å²) >= 11 is 0. The zero-order chi connectivity index (χ0) is 18.3. The first-order chi connectivity index (χ1) is 12.6. The molecule has 1 aliphatic rings. The average Bonchev–Trinajstić information content (AvgIpc) is 3.43. The number of para-hydroxylation sites is 2. The number of fused-ring (bicyclic) bond motifs is 1. The molecule has 1 fully saturated rings. The standard InChI is InChI=1S/C20H22N4O2/c1-4-26-17-8-6-5-7-15(17)22-20(25)14-11-16(13-9-10-13)21-19-18(14)12(2)23-24(19)3/h5-8,11,13H,4,9-10H2,1-3H3,(H,22,25). The first-order valence-electron chi connectivity index (χ1n) is 8.96. The number of aromatic nitrogens is 3. The molecular weight excluding hydrogens is 328 g/mol. The van der Waals surface area contributed by atoms with Crippen LogP contribution < -0.4 is 10.1 Å². The lowest BCUT2D eigenvalue weighted by atomic mass is 10.1. The summed E-state index contributed by atoms with van der Waals surface area (Å²) < 4.78 is 7.37. The van der Waals surface area contributed by atoms with Crippen LogP contribution in [0.1, 0.15) is 47.4 Å². The first-order valence-corrected chi connectivity index (χ1v) is 8.96. The molecule has 0 saturated heterocycles. The first kappa shape index (κ1) is 16.6. The van der Waals surface area contributed by atoms with E-state index >= 15 is 0 Å². The smallest absolute Gasteiger partial charge is 0.256 e. The molecule has 1 amide bonds. The van der Waals surface area contributed by atoms with E-state index in [1.807, 2.05) is 51.2 Å². The van der Waals surface area contributed by atoms with Gasteiger partial charge in [0.15, 0.2) is 5.65 Å². The van der Waals surface area contributed by atoms with Crippen LogP contribution in [-0.2, 0) is 7.05 Å². The van der Waals surface area contributed by atoms with Crippen molar-refractivity contribution in [3.63, 3.8) is 0 Å². The van der Waals surface area contributed by atoms with Crippen LogP contribution >= 0.6 is 0 Å². The van der Waals surface area contributed by atoms with Gasteiger partial charge in [0.2, 0.25) is 0 Å². The summed E-state index contributed by atoms with van der Waals surface area (Å²) in [7, 11) is 1.87. The molecule has 2 heterocycles. The van der Waals surface area contributed by atoms with Crippen LogP contribution in [0.25, 0.3) is 11.0 Å². The topological polar surface area (TPSA) is 69.0 Å². The Labute approximate surface area is 152 Å². The Hall–Kier alpha value is -2.89. The lowest BCUT2D eigenvalue weighted by molar-refractivity contribution is 0.102. The van der Waals surface area contributed by atoms with E-state index in [-0.39, 0.29) is 5.91 Å². The second kappa shape index (κ2) is 6.44. The molecule has 2 aromatic heterocycles. The largest absolute Gasteiger partial charge is 0.492 e. The van der Waals surface area contributed by atoms with Crippen molar-refractivity contribution in [1.29, 1.82) is 0 Å². The van der Waals surface area contributed by atoms with Gasteiger partial charge < -0.3 is 10.1 Å². The summed E-state index contributed by atoms with van der Waals surface area (Å²) in [5.74, 6) is 0.957. The number of aryl methyl sites for hydroxylation is 2. The Balaban J connectivity index is 1.77. The van der Waals surface area contributed by atoms with Crippen LogP contribution in [0.4, 0.5) is 5.69 Å². The van der Waals surface area contributed by atoms with Gasteiger partial charge in [-0.1, -0.05) is 12.1 Å². The molecule has 0 bridgehead atoms. The Morgan fingerprint density at radius 2 is 2.12 bits per heavy atom. The molecule has 0 aliphatic heterocycles. The predicted octanol–water partition coefficient (Wildman–Crippen LogP) is 3.81. The summed E-state index contributed by atoms with van der Waals surface area (Å²) in [6, 6.07) is 9.39. The quantitative estimate of drug-likeness (QED) is 0.760. The Kier molecular flexibility index (Phi) is 4.11. The number of ether oxygens (including phenoxy) is 1. The highest BCUT2D eigenvalue weighted by Gasteiger charge is 2.28. The summed E-state index contributed by atoms with van der Waals surface area (Å²) in [6.45, 7) is 4.37. The number of hydrogen-bond donors (Lipinski definition) is 1. The van der Waals surface area contributed by atoms with Gasteiger partial charge in [0.05, 0.1) is 28.9 Å². The van der Waals surface area contributed by atoms with Gasteiger partial charge in [-0.25, -0.2) is 4.98 Å². The minimum absolute atomic E-state index is 0.164. The normalized spacial score (nSPS) is 13.8. The van der Waals surface area contributed by atoms with Crippen molar-refractivity contribution in [2.45, 2.75) is 32.6 Å². The summed E-state index contributed by atoms with van der Waals surface area (Å²) in [4.78, 5) is 17.9. The third-order valence-corrected chi connectivity index (χ3v) is 4.66. The molecule has 26 heavy (non-hydrogen) atoms. The number of rotatable bonds is 5. The number of carbonyl (C=O) groups is 1. The zero-order valence-electron chi connectivity index (χ0n) is 15.2. The lowest BCUT2D eigenvalue weighted by Gasteiger charge is -2.12. The van der Waals surface area contributed by atoms with Gasteiger partial charge >= 0.3 is 0 Å². The molecule has 1 aromatic carbocycles. The minimum atomic E-state index is -0.164. The van der Waals surface area contributed by atoms with Gasteiger partial charge in [-0.3, -0.25) is 9.48 Å². The van der Waals surface area contributed by atoms with Crippen molar-refractivity contribution in [2.75, 3.05) is 11.9 Å². The highest BCUT2D eigenvalue weighted by Crippen LogP contribution is 2.40. The molecule has 3 aromatic rings. The van der Waals surface area contributed by atoms with Crippen LogP contribution in [0.2, 0.25) is 0 Å². The zero-order valence-corrected chi connectivity index (χ0v) is 15.2. The van der Waals surface area contributed by atoms with Gasteiger partial charge in [0.25, 0.3) is 5.91 Å². The van der Waals surface area contributed by atoms with Crippen molar-refractivity contribution < 1.29 is 9.53 Å². The maximum atomic E-state index is 13.1. The van der Waals surface area contributed by atoms with Crippen LogP contribution in [0.5, 0.6) is 5.75 Å². The van der Waals surface area contributed by atoms with E-state index in [1.165, 1.54) is 0 Å². The number of anilines is 1. The predicted molar refractivity (Wildman–Crippen MR) is 101 cm³/mol. The van der Waals surface area contributed by atoms with E-state index in [0.717, 1.165) is 35.3 Å². The number of nitrogens with one attached hydrogen (secondary N) is 1. The van der Waals surface area contributed by atoms with Crippen LogP contribution in [-0.4, -0.2) is 27.3 Å². The Morgan fingerprint density at radius 1 is 1.35 bits per heavy atom. The third-order valence-electron chi connectivity index (χ3n) is 4.66. The number of amides is 1. The van der Waals surface area contributed by atoms with Crippen molar-refractivity contribution in [3.05, 3.63) is 47.3 Å². The molecule has 1 N–H and O–H groups in total. The van der Waals surface area contributed by atoms with Gasteiger partial charge in [0.1, 0.15) is 5.75 Å². The summed E-state index contributed by atoms with van der Waals surface area (Å²) in [6.07, 6.45) is 2.26. The van der Waals surface area contributed by atoms with Crippen LogP contribution in [0, 0.1) is 6.92 Å². The Bertz CT molecular complexity index is 989. The molecule has 6 nitrogen and oxygen atoms in total. The van der Waals surface area contributed by atoms with Crippen molar-refractivity contribution in [3.8, 4) is 5.75 Å². The van der Waals surface area contributed by atoms with E-state index in [1.54, 1.807) is 4.68 Å². The number of hydrogen-bond acceptors (Lipinski definition) is 4. The molecular formula is C20H22N4O2. The van der Waals surface area contributed by atoms with Gasteiger partial charge in [-0.15, -0.1) is 0 Å². The molecule has 134 valence electrons. The monoisotopic (exact) mass is 350 g/mol. The maximum Gasteiger partial charge on any atom is 0.256 e. The van der Waals surface area contributed by atoms with Gasteiger partial charge in [0, 0.05) is 18.7 Å². The second-order valence-corrected chi connectivity index (χ2v) is 6.66. The van der Waals surface area contributed by atoms with Crippen molar-refractivity contribution in [1.82, 2.24) is 14.8 Å². The van der Waals surface area contributed by atoms with Crippen molar-refractivity contribution in [2.24, 2.45) is 7.05 Å². The number of benzene rings is 1. The van der Waals surface area contributed by atoms with E-state index < -0.39 is 0 Å². The van der Waals surface area contributed by atoms with E-state index in [2.05, 4.69) is 10.4 Å². The molecule has 4 rings (SSSR count). The molecule has 0 radical (unpaired) electrons. The minimum Gasteiger partial charge on any atom is -0.492 e. The van der Waals surface area contributed by atoms with Crippen molar-refractivity contribution >= 4 is 22.6 Å². The fourth-order valence-electron chi connectivity index (χ4n) is 3.27.